The van der Waals surface area contributed by atoms with Crippen molar-refractivity contribution in [1.29, 1.82) is 0 Å². The van der Waals surface area contributed by atoms with Crippen LogP contribution in [0.1, 0.15) is 33.3 Å². The zero-order chi connectivity index (χ0) is 20.9. The van der Waals surface area contributed by atoms with E-state index in [2.05, 4.69) is 6.58 Å². The molecule has 0 saturated heterocycles. The third-order valence-electron chi connectivity index (χ3n) is 5.09. The number of rotatable bonds is 4. The van der Waals surface area contributed by atoms with Crippen molar-refractivity contribution in [3.05, 3.63) is 80.7 Å². The summed E-state index contributed by atoms with van der Waals surface area (Å²) in [7, 11) is 1.43. The lowest BCUT2D eigenvalue weighted by atomic mass is 9.98. The number of hydrogen-bond donors (Lipinski definition) is 1. The number of methoxy groups -OCH3 is 1. The van der Waals surface area contributed by atoms with Crippen LogP contribution in [0.15, 0.2) is 52.2 Å². The van der Waals surface area contributed by atoms with Gasteiger partial charge in [-0.1, -0.05) is 23.7 Å². The molecule has 1 unspecified atom stereocenters. The molecule has 0 aliphatic carbocycles. The molecule has 29 heavy (non-hydrogen) atoms. The van der Waals surface area contributed by atoms with Gasteiger partial charge in [0.1, 0.15) is 5.58 Å². The Morgan fingerprint density at radius 3 is 2.76 bits per heavy atom. The number of phenols is 1. The molecule has 148 valence electrons. The van der Waals surface area contributed by atoms with Gasteiger partial charge in [-0.05, 0) is 42.3 Å². The van der Waals surface area contributed by atoms with Crippen molar-refractivity contribution in [3.8, 4) is 11.5 Å². The van der Waals surface area contributed by atoms with E-state index < -0.39 is 11.9 Å². The van der Waals surface area contributed by atoms with E-state index in [0.29, 0.717) is 21.6 Å². The van der Waals surface area contributed by atoms with Crippen molar-refractivity contribution < 1.29 is 19.1 Å². The van der Waals surface area contributed by atoms with Gasteiger partial charge in [0.25, 0.3) is 5.91 Å². The molecule has 2 aromatic carbocycles. The maximum absolute atomic E-state index is 13.4. The van der Waals surface area contributed by atoms with E-state index in [1.54, 1.807) is 37.3 Å². The second-order valence-electron chi connectivity index (χ2n) is 6.85. The number of carbonyl (C=O) groups excluding carboxylic acids is 1. The third kappa shape index (κ3) is 2.87. The van der Waals surface area contributed by atoms with E-state index in [0.717, 1.165) is 5.56 Å². The monoisotopic (exact) mass is 411 g/mol. The van der Waals surface area contributed by atoms with Crippen LogP contribution in [-0.4, -0.2) is 29.6 Å². The van der Waals surface area contributed by atoms with Gasteiger partial charge in [0.05, 0.1) is 24.1 Å². The Hall–Kier alpha value is -3.25. The predicted octanol–water partition coefficient (Wildman–Crippen LogP) is 4.20. The van der Waals surface area contributed by atoms with E-state index >= 15 is 0 Å². The minimum absolute atomic E-state index is 0.00288. The van der Waals surface area contributed by atoms with Crippen LogP contribution in [0.2, 0.25) is 5.02 Å². The van der Waals surface area contributed by atoms with Gasteiger partial charge in [-0.25, -0.2) is 0 Å². The summed E-state index contributed by atoms with van der Waals surface area (Å²) in [5.41, 5.74) is 1.58. The third-order valence-corrected chi connectivity index (χ3v) is 5.50. The van der Waals surface area contributed by atoms with Crippen molar-refractivity contribution in [2.75, 3.05) is 13.7 Å². The summed E-state index contributed by atoms with van der Waals surface area (Å²) < 4.78 is 11.1. The zero-order valence-electron chi connectivity index (χ0n) is 15.9. The number of aryl methyl sites for hydroxylation is 1. The number of benzene rings is 2. The summed E-state index contributed by atoms with van der Waals surface area (Å²) in [5.74, 6) is -0.193. The molecule has 1 amide bonds. The lowest BCUT2D eigenvalue weighted by molar-refractivity contribution is 0.0748. The number of amides is 1. The molecule has 4 rings (SSSR count). The van der Waals surface area contributed by atoms with Crippen LogP contribution in [0.3, 0.4) is 0 Å². The molecule has 2 heterocycles. The molecular formula is C22H18ClNO5. The van der Waals surface area contributed by atoms with Crippen LogP contribution in [0.4, 0.5) is 0 Å². The van der Waals surface area contributed by atoms with Crippen LogP contribution in [0, 0.1) is 6.92 Å². The normalized spacial score (nSPS) is 15.6. The first-order valence-corrected chi connectivity index (χ1v) is 9.30. The van der Waals surface area contributed by atoms with E-state index in [-0.39, 0.29) is 34.8 Å². The standard InChI is InChI=1S/C22H18ClNO5/c1-4-7-24-19(12-5-6-15(25)17(9-12)28-3)18-20(26)13-10-14(23)11(2)8-16(13)29-21(18)22(24)27/h4-6,8-10,19,25H,1,7H2,2-3H3. The van der Waals surface area contributed by atoms with E-state index in [1.807, 2.05) is 0 Å². The first-order chi connectivity index (χ1) is 13.9. The summed E-state index contributed by atoms with van der Waals surface area (Å²) in [4.78, 5) is 28.0. The molecule has 3 aromatic rings. The molecular weight excluding hydrogens is 394 g/mol. The van der Waals surface area contributed by atoms with Gasteiger partial charge in [-0.2, -0.15) is 0 Å². The number of hydrogen-bond acceptors (Lipinski definition) is 5. The molecule has 0 saturated carbocycles. The molecule has 1 N–H and O–H groups in total. The Bertz CT molecular complexity index is 1230. The molecule has 0 radical (unpaired) electrons. The average Bonchev–Trinajstić information content (AvgIpc) is 2.97. The van der Waals surface area contributed by atoms with Crippen molar-refractivity contribution in [2.45, 2.75) is 13.0 Å². The molecule has 1 aliphatic heterocycles. The van der Waals surface area contributed by atoms with Crippen molar-refractivity contribution in [1.82, 2.24) is 4.90 Å². The highest BCUT2D eigenvalue weighted by molar-refractivity contribution is 6.32. The van der Waals surface area contributed by atoms with Crippen LogP contribution < -0.4 is 10.2 Å². The second kappa shape index (κ2) is 6.97. The first kappa shape index (κ1) is 19.1. The zero-order valence-corrected chi connectivity index (χ0v) is 16.6. The number of phenolic OH excluding ortho intramolecular Hbond substituents is 1. The van der Waals surface area contributed by atoms with Gasteiger partial charge in [0.15, 0.2) is 16.9 Å². The van der Waals surface area contributed by atoms with E-state index in [9.17, 15) is 14.7 Å². The molecule has 1 atom stereocenters. The predicted molar refractivity (Wildman–Crippen MR) is 110 cm³/mol. The largest absolute Gasteiger partial charge is 0.504 e. The van der Waals surface area contributed by atoms with Crippen LogP contribution in [-0.2, 0) is 0 Å². The van der Waals surface area contributed by atoms with Gasteiger partial charge in [0, 0.05) is 11.6 Å². The van der Waals surface area contributed by atoms with Crippen molar-refractivity contribution >= 4 is 28.5 Å². The van der Waals surface area contributed by atoms with Crippen LogP contribution in [0.25, 0.3) is 11.0 Å². The molecule has 0 spiro atoms. The van der Waals surface area contributed by atoms with Crippen LogP contribution in [0.5, 0.6) is 11.5 Å². The Labute approximate surface area is 171 Å². The smallest absolute Gasteiger partial charge is 0.291 e. The lowest BCUT2D eigenvalue weighted by Gasteiger charge is -2.24. The van der Waals surface area contributed by atoms with Gasteiger partial charge in [-0.3, -0.25) is 9.59 Å². The van der Waals surface area contributed by atoms with Gasteiger partial charge in [0.2, 0.25) is 5.76 Å². The first-order valence-electron chi connectivity index (χ1n) is 8.93. The average molecular weight is 412 g/mol. The topological polar surface area (TPSA) is 80.0 Å². The van der Waals surface area contributed by atoms with Gasteiger partial charge in [-0.15, -0.1) is 6.58 Å². The summed E-state index contributed by atoms with van der Waals surface area (Å²) in [5, 5.41) is 10.7. The highest BCUT2D eigenvalue weighted by atomic mass is 35.5. The Kier molecular flexibility index (Phi) is 4.59. The number of ether oxygens (including phenoxy) is 1. The summed E-state index contributed by atoms with van der Waals surface area (Å²) in [6.07, 6.45) is 1.58. The maximum atomic E-state index is 13.4. The van der Waals surface area contributed by atoms with Crippen LogP contribution >= 0.6 is 11.6 Å². The molecule has 7 heteroatoms. The number of aromatic hydroxyl groups is 1. The van der Waals surface area contributed by atoms with Crippen molar-refractivity contribution in [3.63, 3.8) is 0 Å². The molecule has 1 aliphatic rings. The summed E-state index contributed by atoms with van der Waals surface area (Å²) in [6.45, 7) is 5.73. The number of fused-ring (bicyclic) bond motifs is 2. The highest BCUT2D eigenvalue weighted by Gasteiger charge is 2.42. The highest BCUT2D eigenvalue weighted by Crippen LogP contribution is 2.40. The van der Waals surface area contributed by atoms with Crippen molar-refractivity contribution in [2.24, 2.45) is 0 Å². The Morgan fingerprint density at radius 2 is 2.07 bits per heavy atom. The minimum atomic E-state index is -0.703. The van der Waals surface area contributed by atoms with E-state index in [4.69, 9.17) is 20.8 Å². The molecule has 1 aromatic heterocycles. The fourth-order valence-electron chi connectivity index (χ4n) is 3.68. The minimum Gasteiger partial charge on any atom is -0.504 e. The summed E-state index contributed by atoms with van der Waals surface area (Å²) in [6, 6.07) is 7.22. The molecule has 0 fully saturated rings. The van der Waals surface area contributed by atoms with Gasteiger partial charge < -0.3 is 19.2 Å². The molecule has 0 bridgehead atoms. The number of halogens is 1. The molecule has 6 nitrogen and oxygen atoms in total. The van der Waals surface area contributed by atoms with Gasteiger partial charge >= 0.3 is 0 Å². The maximum Gasteiger partial charge on any atom is 0.291 e. The fraction of sp³-hybridized carbons (Fsp3) is 0.182. The summed E-state index contributed by atoms with van der Waals surface area (Å²) >= 11 is 6.21. The van der Waals surface area contributed by atoms with E-state index in [1.165, 1.54) is 18.1 Å². The fourth-order valence-corrected chi connectivity index (χ4v) is 3.84. The Morgan fingerprint density at radius 1 is 1.31 bits per heavy atom. The second-order valence-corrected chi connectivity index (χ2v) is 7.26. The number of carbonyl (C=O) groups is 1. The number of nitrogens with zero attached hydrogens (tertiary/aromatic N) is 1. The quantitative estimate of drug-likeness (QED) is 0.651. The lowest BCUT2D eigenvalue weighted by Crippen LogP contribution is -2.29. The Balaban J connectivity index is 2.03. The SMILES string of the molecule is C=CCN1C(=O)c2oc3cc(C)c(Cl)cc3c(=O)c2C1c1ccc(O)c(OC)c1.